The second-order valence-electron chi connectivity index (χ2n) is 26.9. The lowest BCUT2D eigenvalue weighted by Gasteiger charge is -2.21. The van der Waals surface area contributed by atoms with Crippen molar-refractivity contribution in [2.24, 2.45) is 11.8 Å². The number of unbranched alkanes of at least 4 members (excludes halogenated alkanes) is 41. The van der Waals surface area contributed by atoms with Crippen molar-refractivity contribution in [1.82, 2.24) is 0 Å². The number of esters is 4. The van der Waals surface area contributed by atoms with Crippen molar-refractivity contribution in [2.45, 2.75) is 387 Å². The quantitative estimate of drug-likeness (QED) is 0.0222. The minimum Gasteiger partial charge on any atom is -0.462 e. The third-order valence-electron chi connectivity index (χ3n) is 16.7. The Morgan fingerprint density at radius 2 is 0.505 bits per heavy atom. The van der Waals surface area contributed by atoms with Crippen molar-refractivity contribution < 1.29 is 80.2 Å². The van der Waals surface area contributed by atoms with E-state index >= 15 is 0 Å². The van der Waals surface area contributed by atoms with Gasteiger partial charge in [0, 0.05) is 25.7 Å². The number of hydrogen-bond donors (Lipinski definition) is 3. The number of rotatable bonds is 71. The summed E-state index contributed by atoms with van der Waals surface area (Å²) < 4.78 is 68.1. The number of aliphatic hydroxyl groups excluding tert-OH is 1. The molecule has 2 unspecified atom stereocenters. The molecule has 0 rings (SSSR count). The highest BCUT2D eigenvalue weighted by molar-refractivity contribution is 7.47. The zero-order valence-corrected chi connectivity index (χ0v) is 60.9. The summed E-state index contributed by atoms with van der Waals surface area (Å²) >= 11 is 0. The Balaban J connectivity index is 5.11. The first-order valence-electron chi connectivity index (χ1n) is 37.5. The van der Waals surface area contributed by atoms with Crippen LogP contribution in [0.2, 0.25) is 0 Å². The Morgan fingerprint density at radius 1 is 0.297 bits per heavy atom. The first kappa shape index (κ1) is 89.1. The minimum atomic E-state index is -4.95. The molecule has 0 aliphatic heterocycles. The van der Waals surface area contributed by atoms with Gasteiger partial charge < -0.3 is 33.8 Å². The number of hydrogen-bond acceptors (Lipinski definition) is 15. The summed E-state index contributed by atoms with van der Waals surface area (Å²) in [6.07, 6.45) is 50.4. The fourth-order valence-electron chi connectivity index (χ4n) is 10.9. The van der Waals surface area contributed by atoms with Crippen LogP contribution in [0.4, 0.5) is 0 Å². The zero-order chi connectivity index (χ0) is 67.2. The molecule has 91 heavy (non-hydrogen) atoms. The van der Waals surface area contributed by atoms with Gasteiger partial charge in [-0.15, -0.1) is 0 Å². The average Bonchev–Trinajstić information content (AvgIpc) is 3.06. The molecular formula is C72H140O17P2. The first-order valence-corrected chi connectivity index (χ1v) is 40.5. The van der Waals surface area contributed by atoms with Gasteiger partial charge in [-0.3, -0.25) is 37.3 Å². The van der Waals surface area contributed by atoms with Crippen LogP contribution < -0.4 is 0 Å². The van der Waals surface area contributed by atoms with Crippen LogP contribution in [0.5, 0.6) is 0 Å². The maximum atomic E-state index is 13.0. The van der Waals surface area contributed by atoms with Crippen molar-refractivity contribution in [2.75, 3.05) is 39.6 Å². The van der Waals surface area contributed by atoms with Crippen LogP contribution in [-0.2, 0) is 65.4 Å². The average molecular weight is 1340 g/mol. The van der Waals surface area contributed by atoms with Gasteiger partial charge in [0.15, 0.2) is 12.2 Å². The molecule has 0 saturated heterocycles. The van der Waals surface area contributed by atoms with Crippen molar-refractivity contribution in [3.8, 4) is 0 Å². The molecule has 0 fully saturated rings. The van der Waals surface area contributed by atoms with Crippen molar-refractivity contribution >= 4 is 39.5 Å². The normalized spacial score (nSPS) is 14.1. The van der Waals surface area contributed by atoms with Gasteiger partial charge in [0.1, 0.15) is 19.3 Å². The van der Waals surface area contributed by atoms with Gasteiger partial charge in [-0.25, -0.2) is 9.13 Å². The highest BCUT2D eigenvalue weighted by Crippen LogP contribution is 2.45. The predicted octanol–water partition coefficient (Wildman–Crippen LogP) is 20.8. The molecule has 3 N–H and O–H groups in total. The third-order valence-corrected chi connectivity index (χ3v) is 18.6. The van der Waals surface area contributed by atoms with E-state index in [1.165, 1.54) is 180 Å². The van der Waals surface area contributed by atoms with E-state index in [4.69, 9.17) is 37.0 Å². The molecule has 5 atom stereocenters. The fraction of sp³-hybridized carbons (Fsp3) is 0.944. The molecule has 0 aromatic heterocycles. The highest BCUT2D eigenvalue weighted by atomic mass is 31.2. The lowest BCUT2D eigenvalue weighted by atomic mass is 10.0. The Kier molecular flexibility index (Phi) is 62.7. The largest absolute Gasteiger partial charge is 0.472 e. The van der Waals surface area contributed by atoms with Gasteiger partial charge in [-0.05, 0) is 37.5 Å². The Morgan fingerprint density at radius 3 is 0.747 bits per heavy atom. The summed E-state index contributed by atoms with van der Waals surface area (Å²) in [5.74, 6) is -0.576. The zero-order valence-electron chi connectivity index (χ0n) is 59.1. The molecule has 0 spiro atoms. The monoisotopic (exact) mass is 1340 g/mol. The number of carbonyl (C=O) groups is 4. The Hall–Kier alpha value is -1.94. The second kappa shape index (κ2) is 64.1. The summed E-state index contributed by atoms with van der Waals surface area (Å²) in [6.45, 7) is 9.49. The van der Waals surface area contributed by atoms with Crippen LogP contribution in [-0.4, -0.2) is 96.7 Å². The van der Waals surface area contributed by atoms with Crippen LogP contribution in [0.3, 0.4) is 0 Å². The summed E-state index contributed by atoms with van der Waals surface area (Å²) in [5, 5.41) is 10.6. The molecule has 0 aromatic rings. The summed E-state index contributed by atoms with van der Waals surface area (Å²) in [4.78, 5) is 72.3. The fourth-order valence-corrected chi connectivity index (χ4v) is 12.5. The van der Waals surface area contributed by atoms with Crippen molar-refractivity contribution in [1.29, 1.82) is 0 Å². The van der Waals surface area contributed by atoms with Gasteiger partial charge in [0.25, 0.3) is 0 Å². The van der Waals surface area contributed by atoms with E-state index in [9.17, 15) is 43.2 Å². The van der Waals surface area contributed by atoms with Gasteiger partial charge in [-0.2, -0.15) is 0 Å². The number of ether oxygens (including phenoxy) is 4. The third kappa shape index (κ3) is 66.5. The molecular weight excluding hydrogens is 1200 g/mol. The molecule has 0 aliphatic rings. The summed E-state index contributed by atoms with van der Waals surface area (Å²) in [6, 6.07) is 0. The lowest BCUT2D eigenvalue weighted by molar-refractivity contribution is -0.161. The van der Waals surface area contributed by atoms with Crippen LogP contribution in [0.15, 0.2) is 0 Å². The van der Waals surface area contributed by atoms with Crippen molar-refractivity contribution in [3.63, 3.8) is 0 Å². The van der Waals surface area contributed by atoms with Gasteiger partial charge in [0.2, 0.25) is 0 Å². The maximum absolute atomic E-state index is 13.0. The van der Waals surface area contributed by atoms with Gasteiger partial charge in [-0.1, -0.05) is 318 Å². The molecule has 19 heteroatoms. The first-order chi connectivity index (χ1) is 43.9. The summed E-state index contributed by atoms with van der Waals surface area (Å²) in [5.41, 5.74) is 0. The van der Waals surface area contributed by atoms with E-state index in [-0.39, 0.29) is 25.7 Å². The number of phosphoric acid groups is 2. The predicted molar refractivity (Wildman–Crippen MR) is 368 cm³/mol. The second-order valence-corrected chi connectivity index (χ2v) is 29.8. The summed E-state index contributed by atoms with van der Waals surface area (Å²) in [7, 11) is -9.89. The van der Waals surface area contributed by atoms with Gasteiger partial charge in [0.05, 0.1) is 26.4 Å². The standard InChI is InChI=1S/C72H140O17P2/c1-7-9-11-13-14-15-16-23-27-32-37-43-49-55-70(75)83-61-68(89-71(76)56-50-44-38-33-28-25-22-20-18-17-19-21-24-26-30-35-41-46-52-64(3)4)63-87-91(80,81)85-59-66(73)58-84-90(78,79)86-62-67(60-82-69(74)54-48-40-12-10-8-2)88-72(77)57-51-45-39-34-29-31-36-42-47-53-65(5)6/h64-68,73H,7-63H2,1-6H3,(H,78,79)(H,80,81)/t66-,67+,68+/m0/s1. The molecule has 0 amide bonds. The number of aliphatic hydroxyl groups is 1. The maximum Gasteiger partial charge on any atom is 0.472 e. The molecule has 0 bridgehead atoms. The molecule has 540 valence electrons. The number of phosphoric ester groups is 2. The molecule has 0 aromatic carbocycles. The van der Waals surface area contributed by atoms with E-state index in [2.05, 4.69) is 41.5 Å². The highest BCUT2D eigenvalue weighted by Gasteiger charge is 2.30. The van der Waals surface area contributed by atoms with E-state index in [0.717, 1.165) is 108 Å². The van der Waals surface area contributed by atoms with E-state index in [1.807, 2.05) is 0 Å². The minimum absolute atomic E-state index is 0.104. The van der Waals surface area contributed by atoms with Crippen molar-refractivity contribution in [3.05, 3.63) is 0 Å². The topological polar surface area (TPSA) is 237 Å². The number of carbonyl (C=O) groups excluding carboxylic acids is 4. The SMILES string of the molecule is CCCCCCCCCCCCCCCC(=O)OC[C@H](COP(=O)(O)OC[C@@H](O)COP(=O)(O)OC[C@@H](COC(=O)CCCCCCC)OC(=O)CCCCCCCCCCCC(C)C)OC(=O)CCCCCCCCCCCCCCCCCCCCC(C)C. The smallest absolute Gasteiger partial charge is 0.462 e. The Labute approximate surface area is 556 Å². The lowest BCUT2D eigenvalue weighted by Crippen LogP contribution is -2.30. The van der Waals surface area contributed by atoms with E-state index in [0.29, 0.717) is 25.7 Å². The molecule has 0 saturated carbocycles. The van der Waals surface area contributed by atoms with Crippen LogP contribution >= 0.6 is 15.6 Å². The molecule has 17 nitrogen and oxygen atoms in total. The molecule has 0 aliphatic carbocycles. The molecule has 0 radical (unpaired) electrons. The van der Waals surface area contributed by atoms with Gasteiger partial charge >= 0.3 is 39.5 Å². The van der Waals surface area contributed by atoms with Crippen LogP contribution in [0.25, 0.3) is 0 Å². The molecule has 0 heterocycles. The van der Waals surface area contributed by atoms with Crippen LogP contribution in [0.1, 0.15) is 369 Å². The van der Waals surface area contributed by atoms with Crippen LogP contribution in [0, 0.1) is 11.8 Å². The van der Waals surface area contributed by atoms with E-state index < -0.39 is 97.5 Å². The Bertz CT molecular complexity index is 1770. The van der Waals surface area contributed by atoms with E-state index in [1.54, 1.807) is 0 Å².